The van der Waals surface area contributed by atoms with Crippen LogP contribution in [0.25, 0.3) is 10.6 Å². The van der Waals surface area contributed by atoms with Crippen LogP contribution in [0.1, 0.15) is 35.1 Å². The smallest absolute Gasteiger partial charge is 0.226 e. The first-order chi connectivity index (χ1) is 12.6. The summed E-state index contributed by atoms with van der Waals surface area (Å²) in [5.41, 5.74) is 2.48. The molecular formula is C18H18FN5OS. The van der Waals surface area contributed by atoms with Gasteiger partial charge in [-0.3, -0.25) is 9.48 Å². The van der Waals surface area contributed by atoms with E-state index in [1.54, 1.807) is 41.4 Å². The van der Waals surface area contributed by atoms with Gasteiger partial charge in [0.25, 0.3) is 0 Å². The summed E-state index contributed by atoms with van der Waals surface area (Å²) in [5.74, 6) is -0.344. The zero-order valence-corrected chi connectivity index (χ0v) is 15.1. The van der Waals surface area contributed by atoms with Gasteiger partial charge in [-0.2, -0.15) is 0 Å². The van der Waals surface area contributed by atoms with Gasteiger partial charge in [-0.1, -0.05) is 5.21 Å². The number of carbonyl (C=O) groups is 1. The molecule has 1 atom stereocenters. The number of benzene rings is 1. The Kier molecular flexibility index (Phi) is 4.50. The van der Waals surface area contributed by atoms with Gasteiger partial charge < -0.3 is 5.32 Å². The van der Waals surface area contributed by atoms with Gasteiger partial charge in [-0.15, -0.1) is 16.4 Å². The number of aromatic nitrogens is 4. The van der Waals surface area contributed by atoms with E-state index in [4.69, 9.17) is 4.98 Å². The van der Waals surface area contributed by atoms with Crippen molar-refractivity contribution < 1.29 is 9.18 Å². The predicted octanol–water partition coefficient (Wildman–Crippen LogP) is 2.81. The molecule has 1 aliphatic rings. The Morgan fingerprint density at radius 1 is 1.38 bits per heavy atom. The number of hydrogen-bond donors (Lipinski definition) is 1. The highest BCUT2D eigenvalue weighted by molar-refractivity contribution is 7.15. The van der Waals surface area contributed by atoms with Gasteiger partial charge in [0.05, 0.1) is 23.9 Å². The summed E-state index contributed by atoms with van der Waals surface area (Å²) < 4.78 is 14.7. The van der Waals surface area contributed by atoms with Crippen molar-refractivity contribution in [1.29, 1.82) is 0 Å². The highest BCUT2D eigenvalue weighted by Crippen LogP contribution is 2.37. The van der Waals surface area contributed by atoms with Crippen LogP contribution in [0.15, 0.2) is 30.5 Å². The molecule has 0 bridgehead atoms. The third-order valence-electron chi connectivity index (χ3n) is 4.37. The molecule has 26 heavy (non-hydrogen) atoms. The van der Waals surface area contributed by atoms with Crippen molar-refractivity contribution in [2.45, 2.75) is 31.7 Å². The fourth-order valence-corrected chi connectivity index (χ4v) is 4.33. The molecule has 1 N–H and O–H groups in total. The van der Waals surface area contributed by atoms with E-state index in [0.717, 1.165) is 35.5 Å². The molecule has 0 radical (unpaired) electrons. The zero-order valence-electron chi connectivity index (χ0n) is 14.3. The van der Waals surface area contributed by atoms with Crippen LogP contribution in [0, 0.1) is 5.82 Å². The van der Waals surface area contributed by atoms with Gasteiger partial charge in [0.15, 0.2) is 0 Å². The van der Waals surface area contributed by atoms with Crippen molar-refractivity contribution >= 4 is 17.2 Å². The molecule has 134 valence electrons. The van der Waals surface area contributed by atoms with Crippen LogP contribution >= 0.6 is 11.3 Å². The number of fused-ring (bicyclic) bond motifs is 1. The molecule has 1 unspecified atom stereocenters. The summed E-state index contributed by atoms with van der Waals surface area (Å²) in [6, 6.07) is 6.27. The van der Waals surface area contributed by atoms with Crippen LogP contribution in [0.4, 0.5) is 4.39 Å². The van der Waals surface area contributed by atoms with Gasteiger partial charge in [0, 0.05) is 23.7 Å². The van der Waals surface area contributed by atoms with E-state index in [1.165, 1.54) is 17.0 Å². The van der Waals surface area contributed by atoms with E-state index < -0.39 is 0 Å². The molecule has 6 nitrogen and oxygen atoms in total. The van der Waals surface area contributed by atoms with Crippen LogP contribution in [0.3, 0.4) is 0 Å². The maximum absolute atomic E-state index is 13.1. The van der Waals surface area contributed by atoms with E-state index in [-0.39, 0.29) is 24.2 Å². The largest absolute Gasteiger partial charge is 0.347 e. The van der Waals surface area contributed by atoms with Crippen molar-refractivity contribution in [1.82, 2.24) is 25.3 Å². The lowest BCUT2D eigenvalue weighted by Crippen LogP contribution is -2.32. The Labute approximate surface area is 154 Å². The van der Waals surface area contributed by atoms with E-state index in [1.807, 2.05) is 0 Å². The molecule has 1 amide bonds. The Bertz CT molecular complexity index is 933. The Balaban J connectivity index is 1.51. The number of amides is 1. The highest BCUT2D eigenvalue weighted by Gasteiger charge is 2.26. The molecule has 0 saturated carbocycles. The molecule has 0 aliphatic heterocycles. The van der Waals surface area contributed by atoms with Crippen molar-refractivity contribution in [3.05, 3.63) is 52.5 Å². The van der Waals surface area contributed by atoms with Crippen molar-refractivity contribution in [3.8, 4) is 10.6 Å². The molecule has 0 fully saturated rings. The quantitative estimate of drug-likeness (QED) is 0.765. The minimum absolute atomic E-state index is 0.0836. The van der Waals surface area contributed by atoms with E-state index in [9.17, 15) is 9.18 Å². The van der Waals surface area contributed by atoms with E-state index >= 15 is 0 Å². The molecule has 2 aromatic heterocycles. The Hall–Kier alpha value is -2.61. The molecule has 0 spiro atoms. The standard InChI is InChI=1S/C18H18FN5OS/c1-24-10-13(22-23-24)9-16(25)20-14-3-2-4-15-17(14)21-18(26-15)11-5-7-12(19)8-6-11/h5-8,10,14H,2-4,9H2,1H3,(H,20,25). The van der Waals surface area contributed by atoms with Crippen LogP contribution in [0.2, 0.25) is 0 Å². The maximum Gasteiger partial charge on any atom is 0.226 e. The number of nitrogens with zero attached hydrogens (tertiary/aromatic N) is 4. The van der Waals surface area contributed by atoms with E-state index in [0.29, 0.717) is 5.69 Å². The molecular weight excluding hydrogens is 353 g/mol. The average Bonchev–Trinajstić information content (AvgIpc) is 3.22. The second kappa shape index (κ2) is 6.95. The summed E-state index contributed by atoms with van der Waals surface area (Å²) >= 11 is 1.62. The van der Waals surface area contributed by atoms with Crippen molar-refractivity contribution in [3.63, 3.8) is 0 Å². The van der Waals surface area contributed by atoms with Gasteiger partial charge in [0.2, 0.25) is 5.91 Å². The Morgan fingerprint density at radius 2 is 2.19 bits per heavy atom. The maximum atomic E-state index is 13.1. The lowest BCUT2D eigenvalue weighted by Gasteiger charge is -2.22. The summed E-state index contributed by atoms with van der Waals surface area (Å²) in [4.78, 5) is 18.3. The van der Waals surface area contributed by atoms with Crippen LogP contribution in [-0.2, 0) is 24.7 Å². The molecule has 1 aliphatic carbocycles. The molecule has 0 saturated heterocycles. The fraction of sp³-hybridized carbons (Fsp3) is 0.333. The number of hydrogen-bond acceptors (Lipinski definition) is 5. The molecule has 1 aromatic carbocycles. The minimum atomic E-state index is -0.260. The first-order valence-corrected chi connectivity index (χ1v) is 9.30. The zero-order chi connectivity index (χ0) is 18.1. The van der Waals surface area contributed by atoms with Gasteiger partial charge in [0.1, 0.15) is 10.8 Å². The van der Waals surface area contributed by atoms with Gasteiger partial charge in [-0.25, -0.2) is 9.37 Å². The van der Waals surface area contributed by atoms with Crippen LogP contribution in [-0.4, -0.2) is 25.9 Å². The van der Waals surface area contributed by atoms with Crippen LogP contribution < -0.4 is 5.32 Å². The molecule has 8 heteroatoms. The summed E-state index contributed by atoms with van der Waals surface area (Å²) in [7, 11) is 1.77. The highest BCUT2D eigenvalue weighted by atomic mass is 32.1. The van der Waals surface area contributed by atoms with Crippen LogP contribution in [0.5, 0.6) is 0 Å². The number of aryl methyl sites for hydroxylation is 2. The minimum Gasteiger partial charge on any atom is -0.347 e. The number of rotatable bonds is 4. The van der Waals surface area contributed by atoms with Gasteiger partial charge in [-0.05, 0) is 43.5 Å². The summed E-state index contributed by atoms with van der Waals surface area (Å²) in [6.07, 6.45) is 4.78. The molecule has 2 heterocycles. The Morgan fingerprint density at radius 3 is 2.92 bits per heavy atom. The second-order valence-corrected chi connectivity index (χ2v) is 7.49. The average molecular weight is 371 g/mol. The lowest BCUT2D eigenvalue weighted by atomic mass is 9.97. The lowest BCUT2D eigenvalue weighted by molar-refractivity contribution is -0.121. The first-order valence-electron chi connectivity index (χ1n) is 8.48. The predicted molar refractivity (Wildman–Crippen MR) is 96.0 cm³/mol. The molecule has 3 aromatic rings. The third kappa shape index (κ3) is 3.50. The number of nitrogens with one attached hydrogen (secondary N) is 1. The molecule has 4 rings (SSSR count). The number of carbonyl (C=O) groups excluding carboxylic acids is 1. The summed E-state index contributed by atoms with van der Waals surface area (Å²) in [6.45, 7) is 0. The second-order valence-electron chi connectivity index (χ2n) is 6.41. The SMILES string of the molecule is Cn1cc(CC(=O)NC2CCCc3sc(-c4ccc(F)cc4)nc32)nn1. The van der Waals surface area contributed by atoms with Gasteiger partial charge >= 0.3 is 0 Å². The normalized spacial score (nSPS) is 16.3. The third-order valence-corrected chi connectivity index (χ3v) is 5.55. The van der Waals surface area contributed by atoms with E-state index in [2.05, 4.69) is 15.6 Å². The first kappa shape index (κ1) is 16.8. The number of thiazole rings is 1. The topological polar surface area (TPSA) is 72.7 Å². The summed E-state index contributed by atoms with van der Waals surface area (Å²) in [5, 5.41) is 11.7. The fourth-order valence-electron chi connectivity index (χ4n) is 3.16. The monoisotopic (exact) mass is 371 g/mol. The van der Waals surface area contributed by atoms with Crippen molar-refractivity contribution in [2.24, 2.45) is 7.05 Å². The number of halogens is 1. The van der Waals surface area contributed by atoms with Crippen molar-refractivity contribution in [2.75, 3.05) is 0 Å².